The molecule has 0 fully saturated rings. The molecule has 0 aliphatic carbocycles. The number of alkyl halides is 2. The van der Waals surface area contributed by atoms with E-state index in [0.29, 0.717) is 67.6 Å². The van der Waals surface area contributed by atoms with E-state index in [1.54, 1.807) is 28.7 Å². The van der Waals surface area contributed by atoms with Gasteiger partial charge in [-0.05, 0) is 195 Å². The number of hydrogen-bond acceptors (Lipinski definition) is 11. The maximum absolute atomic E-state index is 15.8. The van der Waals surface area contributed by atoms with Gasteiger partial charge in [-0.2, -0.15) is 5.26 Å². The number of aryl methyl sites for hydroxylation is 2. The summed E-state index contributed by atoms with van der Waals surface area (Å²) >= 11 is 10.4. The fourth-order valence-electron chi connectivity index (χ4n) is 15.0. The molecule has 4 heterocycles. The van der Waals surface area contributed by atoms with Crippen LogP contribution >= 0.6 is 54.5 Å². The van der Waals surface area contributed by atoms with Crippen LogP contribution in [0.2, 0.25) is 0 Å². The maximum atomic E-state index is 15.8. The number of hydrogen-bond donors (Lipinski definition) is 1. The number of benzene rings is 6. The highest BCUT2D eigenvalue weighted by Gasteiger charge is 2.49. The molecule has 12 nitrogen and oxygen atoms in total. The zero-order valence-corrected chi connectivity index (χ0v) is 71.9. The number of nitrogens with zero attached hydrogens (tertiary/aromatic N) is 4. The molecule has 2 aliphatic heterocycles. The second-order valence-electron chi connectivity index (χ2n) is 29.7. The first-order valence-corrected chi connectivity index (χ1v) is 45.5. The van der Waals surface area contributed by atoms with Gasteiger partial charge >= 0.3 is 5.97 Å². The highest BCUT2D eigenvalue weighted by atomic mass is 79.9. The number of amides is 2. The van der Waals surface area contributed by atoms with Crippen LogP contribution < -0.4 is 23.8 Å². The van der Waals surface area contributed by atoms with Crippen molar-refractivity contribution in [1.29, 1.82) is 5.26 Å². The van der Waals surface area contributed by atoms with Crippen LogP contribution in [0.4, 0.5) is 17.1 Å². The first kappa shape index (κ1) is 86.2. The lowest BCUT2D eigenvalue weighted by atomic mass is 9.97. The second kappa shape index (κ2) is 45.6. The molecule has 594 valence electrons. The number of carbonyl (C=O) groups excluding carboxylic acids is 2. The average molecular weight is 1680 g/mol. The first-order valence-electron chi connectivity index (χ1n) is 41.7. The minimum Gasteiger partial charge on any atom is -0.493 e. The molecule has 112 heavy (non-hydrogen) atoms. The van der Waals surface area contributed by atoms with Crippen molar-refractivity contribution in [2.75, 3.05) is 55.1 Å². The van der Waals surface area contributed by atoms with E-state index in [0.717, 1.165) is 256 Å². The minimum atomic E-state index is -1.27. The zero-order valence-electron chi connectivity index (χ0n) is 67.1. The quantitative estimate of drug-likeness (QED) is 0.0169. The third kappa shape index (κ3) is 23.5. The van der Waals surface area contributed by atoms with E-state index in [9.17, 15) is 15.2 Å². The van der Waals surface area contributed by atoms with Gasteiger partial charge in [-0.15, -0.1) is 22.7 Å². The van der Waals surface area contributed by atoms with Gasteiger partial charge in [0.25, 0.3) is 11.8 Å². The van der Waals surface area contributed by atoms with Gasteiger partial charge < -0.3 is 38.8 Å². The van der Waals surface area contributed by atoms with Crippen molar-refractivity contribution in [3.8, 4) is 72.2 Å². The SMILES string of the molecule is CCCCCCOc1ccc(-c2ccc(N(c3ccc(-c4ccc(C5=C6C(=O)N(CCCCCCCCBr)C(c7ccc(-c8c(C)cc(/C=C(\C#N)C(=O)O)cc8C)s7)=C6C(=O)N5CCCCCCCCBr)s4)cc3)c3ccc(-c4ccc(OCCCCCC)cc4OCCCCCC)cc3)cc2)c(OCCCCCC)c1. The van der Waals surface area contributed by atoms with Crippen LogP contribution in [0.3, 0.4) is 0 Å². The highest BCUT2D eigenvalue weighted by molar-refractivity contribution is 9.09. The Balaban J connectivity index is 1.02. The van der Waals surface area contributed by atoms with Gasteiger partial charge in [0.1, 0.15) is 34.6 Å². The van der Waals surface area contributed by atoms with Crippen molar-refractivity contribution in [3.63, 3.8) is 0 Å². The van der Waals surface area contributed by atoms with Crippen molar-refractivity contribution < 1.29 is 38.4 Å². The molecule has 10 rings (SSSR count). The zero-order chi connectivity index (χ0) is 79.0. The van der Waals surface area contributed by atoms with E-state index in [-0.39, 0.29) is 17.4 Å². The van der Waals surface area contributed by atoms with Gasteiger partial charge in [0.05, 0.1) is 58.7 Å². The van der Waals surface area contributed by atoms with Crippen LogP contribution in [-0.2, 0) is 14.4 Å². The number of unbranched alkanes of at least 4 members (excludes halogenated alkanes) is 22. The smallest absolute Gasteiger partial charge is 0.346 e. The Morgan fingerprint density at radius 3 is 1.19 bits per heavy atom. The number of fused-ring (bicyclic) bond motifs is 1. The van der Waals surface area contributed by atoms with Crippen LogP contribution in [0.15, 0.2) is 162 Å². The Labute approximate surface area is 692 Å². The molecule has 0 bridgehead atoms. The number of aliphatic carboxylic acids is 1. The molecule has 0 spiro atoms. The number of carboxylic acids is 1. The summed E-state index contributed by atoms with van der Waals surface area (Å²) in [4.78, 5) is 53.2. The summed E-state index contributed by atoms with van der Waals surface area (Å²) in [5.74, 6) is 1.75. The third-order valence-electron chi connectivity index (χ3n) is 21.1. The van der Waals surface area contributed by atoms with Crippen molar-refractivity contribution in [2.45, 2.75) is 221 Å². The van der Waals surface area contributed by atoms with Crippen molar-refractivity contribution in [2.24, 2.45) is 0 Å². The van der Waals surface area contributed by atoms with Gasteiger partial charge in [-0.1, -0.05) is 237 Å². The van der Waals surface area contributed by atoms with Gasteiger partial charge in [-0.3, -0.25) is 9.59 Å². The lowest BCUT2D eigenvalue weighted by Crippen LogP contribution is -2.30. The molecular weight excluding hydrogens is 1560 g/mol. The molecule has 16 heteroatoms. The molecule has 0 radical (unpaired) electrons. The van der Waals surface area contributed by atoms with E-state index >= 15 is 9.59 Å². The van der Waals surface area contributed by atoms with E-state index < -0.39 is 5.97 Å². The third-order valence-corrected chi connectivity index (χ3v) is 24.5. The summed E-state index contributed by atoms with van der Waals surface area (Å²) in [6.45, 7) is 16.5. The van der Waals surface area contributed by atoms with Crippen LogP contribution in [-0.4, -0.2) is 82.9 Å². The summed E-state index contributed by atoms with van der Waals surface area (Å²) in [5, 5.41) is 21.2. The topological polar surface area (TPSA) is 142 Å². The number of anilines is 3. The Morgan fingerprint density at radius 1 is 0.438 bits per heavy atom. The number of carbonyl (C=O) groups is 3. The minimum absolute atomic E-state index is 0.138. The molecular formula is C96H116Br2N4O8S2. The van der Waals surface area contributed by atoms with Crippen LogP contribution in [0.1, 0.15) is 234 Å². The molecule has 2 amide bonds. The lowest BCUT2D eigenvalue weighted by Gasteiger charge is -2.26. The number of halogens is 2. The fraction of sp³-hybridized carbons (Fsp3) is 0.438. The Hall–Kier alpha value is -8.20. The fourth-order valence-corrected chi connectivity index (χ4v) is 18.1. The van der Waals surface area contributed by atoms with Crippen LogP contribution in [0.25, 0.3) is 60.6 Å². The summed E-state index contributed by atoms with van der Waals surface area (Å²) in [7, 11) is 0. The molecule has 0 saturated heterocycles. The molecule has 6 aromatic carbocycles. The standard InChI is InChI=1S/C96H116Br2N4O8S2/c1-7-11-15-31-59-107-79-47-49-81(83(66-79)109-61-33-17-13-9-3)72-35-41-76(42-36-72)102(77-43-37-73(38-44-77)82-50-48-80(108-60-32-16-12-8-2)67-84(82)110-62-34-18-14-10-4)78-45-39-74(40-46-78)85-51-53-87(111-85)92-90-91(95(104)100(92)57-29-25-21-19-23-27-55-97)93(101(94(90)103)58-30-26-22-20-24-28-56-98)88-54-52-86(112-88)89-69(5)63-71(64-70(89)6)65-75(68-99)96(105)106/h35-54,63-67H,7-34,55-62H2,1-6H3,(H,105,106)/b75-65+. The number of thiophene rings is 2. The summed E-state index contributed by atoms with van der Waals surface area (Å²) < 4.78 is 25.9. The number of nitriles is 1. The largest absolute Gasteiger partial charge is 0.493 e. The van der Waals surface area contributed by atoms with Crippen LogP contribution in [0, 0.1) is 25.2 Å². The molecule has 2 aromatic heterocycles. The number of carboxylic acid groups (broad SMARTS) is 1. The predicted octanol–water partition coefficient (Wildman–Crippen LogP) is 27.7. The number of ether oxygens (including phenoxy) is 4. The molecule has 8 aromatic rings. The molecule has 1 N–H and O–H groups in total. The Kier molecular flexibility index (Phi) is 35.1. The van der Waals surface area contributed by atoms with Crippen LogP contribution in [0.5, 0.6) is 23.0 Å². The Morgan fingerprint density at radius 2 is 0.795 bits per heavy atom. The molecule has 2 aliphatic rings. The van der Waals surface area contributed by atoms with E-state index in [1.165, 1.54) is 44.6 Å². The number of rotatable bonds is 51. The van der Waals surface area contributed by atoms with Gasteiger partial charge in [0, 0.05) is 73.8 Å². The summed E-state index contributed by atoms with van der Waals surface area (Å²) in [6, 6.07) is 53.0. The molecule has 0 atom stereocenters. The Bertz CT molecular complexity index is 4350. The first-order chi connectivity index (χ1) is 54.8. The van der Waals surface area contributed by atoms with Gasteiger partial charge in [0.2, 0.25) is 0 Å². The summed E-state index contributed by atoms with van der Waals surface area (Å²) in [6.07, 6.45) is 31.9. The van der Waals surface area contributed by atoms with Gasteiger partial charge in [0.15, 0.2) is 0 Å². The average Bonchev–Trinajstić information content (AvgIpc) is 1.55. The maximum Gasteiger partial charge on any atom is 0.346 e. The van der Waals surface area contributed by atoms with E-state index in [1.807, 2.05) is 35.8 Å². The predicted molar refractivity (Wildman–Crippen MR) is 475 cm³/mol. The normalized spacial score (nSPS) is 12.9. The van der Waals surface area contributed by atoms with Crippen molar-refractivity contribution >= 4 is 107 Å². The molecule has 0 unspecified atom stereocenters. The highest BCUT2D eigenvalue weighted by Crippen LogP contribution is 2.51. The molecule has 0 saturated carbocycles. The van der Waals surface area contributed by atoms with Crippen molar-refractivity contribution in [1.82, 2.24) is 9.80 Å². The van der Waals surface area contributed by atoms with Gasteiger partial charge in [-0.25, -0.2) is 4.79 Å². The second-order valence-corrected chi connectivity index (χ2v) is 33.5. The van der Waals surface area contributed by atoms with E-state index in [2.05, 4.69) is 198 Å². The monoisotopic (exact) mass is 1670 g/mol. The van der Waals surface area contributed by atoms with E-state index in [4.69, 9.17) is 18.9 Å². The summed E-state index contributed by atoms with van der Waals surface area (Å²) in [5.41, 5.74) is 13.5. The van der Waals surface area contributed by atoms with Crippen molar-refractivity contribution in [3.05, 3.63) is 189 Å². The lowest BCUT2D eigenvalue weighted by molar-refractivity contribution is -0.132.